The van der Waals surface area contributed by atoms with Crippen molar-refractivity contribution >= 4 is 5.91 Å². The zero-order valence-electron chi connectivity index (χ0n) is 12.0. The normalized spacial score (nSPS) is 22.6. The highest BCUT2D eigenvalue weighted by atomic mass is 16.5. The van der Waals surface area contributed by atoms with Gasteiger partial charge >= 0.3 is 0 Å². The molecule has 1 heterocycles. The predicted molar refractivity (Wildman–Crippen MR) is 77.6 cm³/mol. The molecule has 0 aromatic heterocycles. The van der Waals surface area contributed by atoms with E-state index in [0.717, 1.165) is 25.1 Å². The van der Waals surface area contributed by atoms with Crippen LogP contribution < -0.4 is 4.74 Å². The van der Waals surface area contributed by atoms with Crippen LogP contribution in [0.3, 0.4) is 0 Å². The van der Waals surface area contributed by atoms with Crippen molar-refractivity contribution in [3.8, 4) is 5.75 Å². The minimum atomic E-state index is -0.728. The Kier molecular flexibility index (Phi) is 5.01. The van der Waals surface area contributed by atoms with Crippen LogP contribution in [-0.2, 0) is 4.79 Å². The molecule has 1 aromatic rings. The van der Waals surface area contributed by atoms with Crippen molar-refractivity contribution < 1.29 is 14.6 Å². The third-order valence-corrected chi connectivity index (χ3v) is 3.57. The number of carbonyl (C=O) groups is 1. The van der Waals surface area contributed by atoms with Gasteiger partial charge in [-0.1, -0.05) is 18.2 Å². The van der Waals surface area contributed by atoms with Crippen LogP contribution >= 0.6 is 0 Å². The van der Waals surface area contributed by atoms with Gasteiger partial charge in [-0.05, 0) is 38.3 Å². The van der Waals surface area contributed by atoms with Crippen LogP contribution in [0.1, 0.15) is 32.6 Å². The number of hydrogen-bond donors (Lipinski definition) is 1. The summed E-state index contributed by atoms with van der Waals surface area (Å²) in [6.07, 6.45) is 2.82. The zero-order chi connectivity index (χ0) is 14.4. The van der Waals surface area contributed by atoms with Crippen LogP contribution in [0.4, 0.5) is 0 Å². The monoisotopic (exact) mass is 277 g/mol. The van der Waals surface area contributed by atoms with Gasteiger partial charge in [0.2, 0.25) is 5.91 Å². The highest BCUT2D eigenvalue weighted by molar-refractivity contribution is 5.76. The van der Waals surface area contributed by atoms with Crippen LogP contribution in [0.5, 0.6) is 5.75 Å². The topological polar surface area (TPSA) is 49.8 Å². The number of aliphatic hydroxyl groups is 1. The SMILES string of the molecule is CC1(O)CCCN(C(=O)CCCOc2ccccc2)C1. The van der Waals surface area contributed by atoms with Crippen LogP contribution in [0.25, 0.3) is 0 Å². The number of benzene rings is 1. The van der Waals surface area contributed by atoms with E-state index < -0.39 is 5.60 Å². The summed E-state index contributed by atoms with van der Waals surface area (Å²) in [7, 11) is 0. The van der Waals surface area contributed by atoms with Gasteiger partial charge in [0.1, 0.15) is 5.75 Å². The number of likely N-dealkylation sites (tertiary alicyclic amines) is 1. The number of amides is 1. The van der Waals surface area contributed by atoms with Crippen molar-refractivity contribution in [3.05, 3.63) is 30.3 Å². The van der Waals surface area contributed by atoms with Gasteiger partial charge in [-0.3, -0.25) is 4.79 Å². The Morgan fingerprint density at radius 1 is 1.40 bits per heavy atom. The molecule has 1 aliphatic rings. The molecule has 0 bridgehead atoms. The molecule has 2 rings (SSSR count). The van der Waals surface area contributed by atoms with Gasteiger partial charge in [0.05, 0.1) is 12.2 Å². The molecule has 4 heteroatoms. The number of hydrogen-bond acceptors (Lipinski definition) is 3. The van der Waals surface area contributed by atoms with Crippen molar-refractivity contribution in [2.24, 2.45) is 0 Å². The Bertz CT molecular complexity index is 431. The van der Waals surface area contributed by atoms with E-state index in [-0.39, 0.29) is 5.91 Å². The van der Waals surface area contributed by atoms with Crippen LogP contribution in [0.2, 0.25) is 0 Å². The molecular formula is C16H23NO3. The molecule has 0 spiro atoms. The number of carbonyl (C=O) groups excluding carboxylic acids is 1. The summed E-state index contributed by atoms with van der Waals surface area (Å²) in [5, 5.41) is 10.00. The number of ether oxygens (including phenoxy) is 1. The van der Waals surface area contributed by atoms with E-state index >= 15 is 0 Å². The minimum Gasteiger partial charge on any atom is -0.494 e. The Labute approximate surface area is 120 Å². The standard InChI is InChI=1S/C16H23NO3/c1-16(19)10-6-11-17(13-16)15(18)9-5-12-20-14-7-3-2-4-8-14/h2-4,7-8,19H,5-6,9-13H2,1H3. The quantitative estimate of drug-likeness (QED) is 0.840. The molecule has 1 atom stereocenters. The number of β-amino-alcohol motifs (C(OH)–C–C–N with tert-alkyl or cyclic N) is 1. The van der Waals surface area contributed by atoms with Gasteiger partial charge in [0.25, 0.3) is 0 Å². The highest BCUT2D eigenvalue weighted by Gasteiger charge is 2.30. The first-order valence-corrected chi connectivity index (χ1v) is 7.25. The van der Waals surface area contributed by atoms with E-state index in [4.69, 9.17) is 4.74 Å². The first-order chi connectivity index (χ1) is 9.57. The second-order valence-corrected chi connectivity index (χ2v) is 5.68. The highest BCUT2D eigenvalue weighted by Crippen LogP contribution is 2.21. The van der Waals surface area contributed by atoms with Crippen LogP contribution in [0, 0.1) is 0 Å². The van der Waals surface area contributed by atoms with Crippen molar-refractivity contribution in [1.82, 2.24) is 4.90 Å². The van der Waals surface area contributed by atoms with E-state index in [1.165, 1.54) is 0 Å². The van der Waals surface area contributed by atoms with E-state index in [1.54, 1.807) is 11.8 Å². The third kappa shape index (κ3) is 4.53. The van der Waals surface area contributed by atoms with E-state index in [0.29, 0.717) is 26.0 Å². The lowest BCUT2D eigenvalue weighted by Crippen LogP contribution is -2.48. The van der Waals surface area contributed by atoms with E-state index in [2.05, 4.69) is 0 Å². The predicted octanol–water partition coefficient (Wildman–Crippen LogP) is 2.22. The molecule has 1 unspecified atom stereocenters. The molecule has 0 saturated carbocycles. The summed E-state index contributed by atoms with van der Waals surface area (Å²) in [4.78, 5) is 13.8. The fourth-order valence-electron chi connectivity index (χ4n) is 2.52. The first kappa shape index (κ1) is 14.9. The van der Waals surface area contributed by atoms with Crippen LogP contribution in [-0.4, -0.2) is 41.2 Å². The number of para-hydroxylation sites is 1. The first-order valence-electron chi connectivity index (χ1n) is 7.25. The molecule has 1 aromatic carbocycles. The molecule has 4 nitrogen and oxygen atoms in total. The molecule has 1 saturated heterocycles. The average molecular weight is 277 g/mol. The molecule has 1 N–H and O–H groups in total. The summed E-state index contributed by atoms with van der Waals surface area (Å²) in [5.74, 6) is 0.947. The van der Waals surface area contributed by atoms with Crippen LogP contribution in [0.15, 0.2) is 30.3 Å². The number of nitrogens with zero attached hydrogens (tertiary/aromatic N) is 1. The van der Waals surface area contributed by atoms with Gasteiger partial charge < -0.3 is 14.7 Å². The fraction of sp³-hybridized carbons (Fsp3) is 0.562. The lowest BCUT2D eigenvalue weighted by Gasteiger charge is -2.36. The molecule has 0 aliphatic carbocycles. The van der Waals surface area contributed by atoms with Gasteiger partial charge in [-0.2, -0.15) is 0 Å². The Hall–Kier alpha value is -1.55. The second kappa shape index (κ2) is 6.75. The maximum atomic E-state index is 12.1. The Morgan fingerprint density at radius 2 is 2.15 bits per heavy atom. The van der Waals surface area contributed by atoms with E-state index in [9.17, 15) is 9.90 Å². The summed E-state index contributed by atoms with van der Waals surface area (Å²) in [6, 6.07) is 9.61. The maximum absolute atomic E-state index is 12.1. The van der Waals surface area contributed by atoms with Gasteiger partial charge in [-0.15, -0.1) is 0 Å². The Balaban J connectivity index is 1.67. The van der Waals surface area contributed by atoms with Crippen molar-refractivity contribution in [2.45, 2.75) is 38.2 Å². The molecule has 0 radical (unpaired) electrons. The molecule has 110 valence electrons. The zero-order valence-corrected chi connectivity index (χ0v) is 12.0. The minimum absolute atomic E-state index is 0.113. The Morgan fingerprint density at radius 3 is 2.85 bits per heavy atom. The summed E-state index contributed by atoms with van der Waals surface area (Å²) < 4.78 is 5.56. The van der Waals surface area contributed by atoms with E-state index in [1.807, 2.05) is 30.3 Å². The molecule has 1 amide bonds. The van der Waals surface area contributed by atoms with Gasteiger partial charge in [0, 0.05) is 19.5 Å². The molecule has 1 aliphatic heterocycles. The fourth-order valence-corrected chi connectivity index (χ4v) is 2.52. The smallest absolute Gasteiger partial charge is 0.222 e. The van der Waals surface area contributed by atoms with Crippen molar-refractivity contribution in [3.63, 3.8) is 0 Å². The largest absolute Gasteiger partial charge is 0.494 e. The lowest BCUT2D eigenvalue weighted by molar-refractivity contribution is -0.137. The summed E-state index contributed by atoms with van der Waals surface area (Å²) in [5.41, 5.74) is -0.728. The van der Waals surface area contributed by atoms with Gasteiger partial charge in [-0.25, -0.2) is 0 Å². The molecular weight excluding hydrogens is 254 g/mol. The number of rotatable bonds is 5. The molecule has 20 heavy (non-hydrogen) atoms. The summed E-state index contributed by atoms with van der Waals surface area (Å²) in [6.45, 7) is 3.55. The lowest BCUT2D eigenvalue weighted by atomic mass is 9.95. The molecule has 1 fully saturated rings. The number of piperidine rings is 1. The van der Waals surface area contributed by atoms with Crippen molar-refractivity contribution in [1.29, 1.82) is 0 Å². The summed E-state index contributed by atoms with van der Waals surface area (Å²) >= 11 is 0. The maximum Gasteiger partial charge on any atom is 0.222 e. The third-order valence-electron chi connectivity index (χ3n) is 3.57. The van der Waals surface area contributed by atoms with Gasteiger partial charge in [0.15, 0.2) is 0 Å². The second-order valence-electron chi connectivity index (χ2n) is 5.68. The van der Waals surface area contributed by atoms with Crippen molar-refractivity contribution in [2.75, 3.05) is 19.7 Å². The average Bonchev–Trinajstić information content (AvgIpc) is 2.43.